The molecule has 0 bridgehead atoms. The molecule has 0 fully saturated rings. The standard InChI is InChI=1S/C21H18N2O6/c1-13-16-5-3-4-6-17(16)21(27)23(13)11-19(25)29-12-18(24)22-20(26)14-7-9-15(28-2)10-8-14/h3-10H,1,11-12H2,2H3,(H,22,24,26). The molecule has 0 unspecified atom stereocenters. The van der Waals surface area contributed by atoms with Crippen LogP contribution in [0.3, 0.4) is 0 Å². The number of esters is 1. The summed E-state index contributed by atoms with van der Waals surface area (Å²) in [6.07, 6.45) is 0. The van der Waals surface area contributed by atoms with Crippen LogP contribution in [0.2, 0.25) is 0 Å². The lowest BCUT2D eigenvalue weighted by Crippen LogP contribution is -2.36. The smallest absolute Gasteiger partial charge is 0.326 e. The van der Waals surface area contributed by atoms with E-state index < -0.39 is 24.4 Å². The van der Waals surface area contributed by atoms with Gasteiger partial charge in [-0.15, -0.1) is 0 Å². The largest absolute Gasteiger partial charge is 0.497 e. The lowest BCUT2D eigenvalue weighted by Gasteiger charge is -2.16. The number of fused-ring (bicyclic) bond motifs is 1. The Morgan fingerprint density at radius 2 is 1.69 bits per heavy atom. The van der Waals surface area contributed by atoms with Crippen molar-refractivity contribution in [2.24, 2.45) is 0 Å². The second-order valence-electron chi connectivity index (χ2n) is 6.15. The Labute approximate surface area is 166 Å². The van der Waals surface area contributed by atoms with Gasteiger partial charge in [-0.25, -0.2) is 0 Å². The Morgan fingerprint density at radius 3 is 2.31 bits per heavy atom. The van der Waals surface area contributed by atoms with Crippen molar-refractivity contribution in [3.63, 3.8) is 0 Å². The predicted molar refractivity (Wildman–Crippen MR) is 103 cm³/mol. The number of nitrogens with zero attached hydrogens (tertiary/aromatic N) is 1. The zero-order chi connectivity index (χ0) is 21.0. The third-order valence-corrected chi connectivity index (χ3v) is 4.30. The highest BCUT2D eigenvalue weighted by Gasteiger charge is 2.32. The van der Waals surface area contributed by atoms with Crippen LogP contribution in [-0.2, 0) is 14.3 Å². The van der Waals surface area contributed by atoms with E-state index in [-0.39, 0.29) is 18.0 Å². The SMILES string of the molecule is C=C1c2ccccc2C(=O)N1CC(=O)OCC(=O)NC(=O)c1ccc(OC)cc1. The molecule has 0 aliphatic carbocycles. The summed E-state index contributed by atoms with van der Waals surface area (Å²) in [5, 5.41) is 2.12. The van der Waals surface area contributed by atoms with Gasteiger partial charge in [0.05, 0.1) is 7.11 Å². The minimum absolute atomic E-state index is 0.252. The number of imide groups is 1. The number of benzene rings is 2. The quantitative estimate of drug-likeness (QED) is 0.747. The number of carbonyl (C=O) groups excluding carboxylic acids is 4. The van der Waals surface area contributed by atoms with E-state index in [9.17, 15) is 19.2 Å². The van der Waals surface area contributed by atoms with Crippen LogP contribution in [0.4, 0.5) is 0 Å². The van der Waals surface area contributed by atoms with E-state index in [2.05, 4.69) is 11.9 Å². The molecule has 8 nitrogen and oxygen atoms in total. The van der Waals surface area contributed by atoms with Crippen molar-refractivity contribution in [3.05, 3.63) is 71.8 Å². The van der Waals surface area contributed by atoms with E-state index in [0.29, 0.717) is 22.6 Å². The third kappa shape index (κ3) is 4.32. The summed E-state index contributed by atoms with van der Waals surface area (Å²) in [7, 11) is 1.50. The molecule has 0 saturated heterocycles. The minimum atomic E-state index is -0.792. The van der Waals surface area contributed by atoms with Crippen molar-refractivity contribution in [1.29, 1.82) is 0 Å². The molecule has 1 heterocycles. The topological polar surface area (TPSA) is 102 Å². The Morgan fingerprint density at radius 1 is 1.03 bits per heavy atom. The minimum Gasteiger partial charge on any atom is -0.497 e. The monoisotopic (exact) mass is 394 g/mol. The highest BCUT2D eigenvalue weighted by Crippen LogP contribution is 2.30. The van der Waals surface area contributed by atoms with Crippen molar-refractivity contribution < 1.29 is 28.7 Å². The van der Waals surface area contributed by atoms with Gasteiger partial charge in [0.25, 0.3) is 17.7 Å². The van der Waals surface area contributed by atoms with Crippen molar-refractivity contribution >= 4 is 29.4 Å². The normalized spacial score (nSPS) is 12.4. The highest BCUT2D eigenvalue weighted by atomic mass is 16.5. The first-order chi connectivity index (χ1) is 13.9. The van der Waals surface area contributed by atoms with Crippen LogP contribution in [0.1, 0.15) is 26.3 Å². The van der Waals surface area contributed by atoms with E-state index >= 15 is 0 Å². The number of nitrogens with one attached hydrogen (secondary N) is 1. The van der Waals surface area contributed by atoms with Crippen LogP contribution in [0.15, 0.2) is 55.1 Å². The van der Waals surface area contributed by atoms with E-state index in [1.807, 2.05) is 0 Å². The first kappa shape index (κ1) is 19.8. The molecule has 29 heavy (non-hydrogen) atoms. The maximum atomic E-state index is 12.4. The molecular formula is C21H18N2O6. The Kier molecular flexibility index (Phi) is 5.73. The summed E-state index contributed by atoms with van der Waals surface area (Å²) >= 11 is 0. The fourth-order valence-corrected chi connectivity index (χ4v) is 2.80. The Bertz CT molecular complexity index is 961. The fourth-order valence-electron chi connectivity index (χ4n) is 2.80. The van der Waals surface area contributed by atoms with Crippen LogP contribution in [0.5, 0.6) is 5.75 Å². The summed E-state index contributed by atoms with van der Waals surface area (Å²) in [5.74, 6) is -2.00. The van der Waals surface area contributed by atoms with Crippen LogP contribution in [0.25, 0.3) is 5.70 Å². The molecule has 2 aromatic rings. The third-order valence-electron chi connectivity index (χ3n) is 4.30. The van der Waals surface area contributed by atoms with Crippen LogP contribution in [-0.4, -0.2) is 48.9 Å². The molecule has 3 rings (SSSR count). The summed E-state index contributed by atoms with van der Waals surface area (Å²) < 4.78 is 9.87. The zero-order valence-corrected chi connectivity index (χ0v) is 15.6. The maximum Gasteiger partial charge on any atom is 0.326 e. The van der Waals surface area contributed by atoms with Gasteiger partial charge in [0, 0.05) is 22.4 Å². The average Bonchev–Trinajstić information content (AvgIpc) is 2.97. The maximum absolute atomic E-state index is 12.4. The summed E-state index contributed by atoms with van der Waals surface area (Å²) in [6, 6.07) is 13.0. The second-order valence-corrected chi connectivity index (χ2v) is 6.15. The molecule has 3 amide bonds. The molecule has 0 radical (unpaired) electrons. The molecule has 0 saturated carbocycles. The van der Waals surface area contributed by atoms with E-state index in [1.165, 1.54) is 24.1 Å². The molecule has 148 valence electrons. The van der Waals surface area contributed by atoms with Crippen molar-refractivity contribution in [2.75, 3.05) is 20.3 Å². The van der Waals surface area contributed by atoms with E-state index in [1.54, 1.807) is 36.4 Å². The highest BCUT2D eigenvalue weighted by molar-refractivity contribution is 6.10. The Hall–Kier alpha value is -3.94. The second kappa shape index (κ2) is 8.39. The lowest BCUT2D eigenvalue weighted by atomic mass is 10.1. The Balaban J connectivity index is 1.49. The van der Waals surface area contributed by atoms with Gasteiger partial charge in [-0.1, -0.05) is 24.8 Å². The van der Waals surface area contributed by atoms with Crippen molar-refractivity contribution in [3.8, 4) is 5.75 Å². The first-order valence-corrected chi connectivity index (χ1v) is 8.64. The molecule has 8 heteroatoms. The molecule has 1 N–H and O–H groups in total. The summed E-state index contributed by atoms with van der Waals surface area (Å²) in [5.41, 5.74) is 1.74. The lowest BCUT2D eigenvalue weighted by molar-refractivity contribution is -0.148. The number of ether oxygens (including phenoxy) is 2. The molecule has 1 aliphatic rings. The number of amides is 3. The van der Waals surface area contributed by atoms with Crippen LogP contribution < -0.4 is 10.1 Å². The number of methoxy groups -OCH3 is 1. The molecule has 1 aliphatic heterocycles. The molecule has 2 aromatic carbocycles. The van der Waals surface area contributed by atoms with Crippen molar-refractivity contribution in [2.45, 2.75) is 0 Å². The van der Waals surface area contributed by atoms with Gasteiger partial charge in [0.1, 0.15) is 12.3 Å². The number of rotatable bonds is 6. The number of carbonyl (C=O) groups is 4. The van der Waals surface area contributed by atoms with Gasteiger partial charge in [-0.05, 0) is 30.3 Å². The van der Waals surface area contributed by atoms with Crippen LogP contribution >= 0.6 is 0 Å². The molecular weight excluding hydrogens is 376 g/mol. The zero-order valence-electron chi connectivity index (χ0n) is 15.6. The van der Waals surface area contributed by atoms with Gasteiger partial charge in [0.2, 0.25) is 0 Å². The van der Waals surface area contributed by atoms with Gasteiger partial charge in [-0.2, -0.15) is 0 Å². The fraction of sp³-hybridized carbons (Fsp3) is 0.143. The van der Waals surface area contributed by atoms with Gasteiger partial charge in [-0.3, -0.25) is 29.4 Å². The van der Waals surface area contributed by atoms with Crippen LogP contribution in [0, 0.1) is 0 Å². The van der Waals surface area contributed by atoms with Gasteiger partial charge >= 0.3 is 5.97 Å². The van der Waals surface area contributed by atoms with Gasteiger partial charge < -0.3 is 9.47 Å². The predicted octanol–water partition coefficient (Wildman–Crippen LogP) is 1.62. The molecule has 0 aromatic heterocycles. The summed E-state index contributed by atoms with van der Waals surface area (Å²) in [4.78, 5) is 49.5. The summed E-state index contributed by atoms with van der Waals surface area (Å²) in [6.45, 7) is 2.79. The molecule has 0 atom stereocenters. The van der Waals surface area contributed by atoms with E-state index in [4.69, 9.17) is 9.47 Å². The number of hydrogen-bond donors (Lipinski definition) is 1. The average molecular weight is 394 g/mol. The van der Waals surface area contributed by atoms with E-state index in [0.717, 1.165) is 0 Å². The van der Waals surface area contributed by atoms with Crippen molar-refractivity contribution in [1.82, 2.24) is 10.2 Å². The molecule has 0 spiro atoms. The first-order valence-electron chi connectivity index (χ1n) is 8.64. The van der Waals surface area contributed by atoms with Gasteiger partial charge in [0.15, 0.2) is 6.61 Å². The number of hydrogen-bond acceptors (Lipinski definition) is 6.